The second-order valence-electron chi connectivity index (χ2n) is 7.04. The molecule has 0 spiro atoms. The average Bonchev–Trinajstić information content (AvgIpc) is 2.68. The highest BCUT2D eigenvalue weighted by molar-refractivity contribution is 6.30. The Morgan fingerprint density at radius 1 is 1.23 bits per heavy atom. The highest BCUT2D eigenvalue weighted by Crippen LogP contribution is 2.20. The van der Waals surface area contributed by atoms with Crippen molar-refractivity contribution in [3.05, 3.63) is 40.9 Å². The topological polar surface area (TPSA) is 53.0 Å². The summed E-state index contributed by atoms with van der Waals surface area (Å²) >= 11 is 5.91. The summed E-state index contributed by atoms with van der Waals surface area (Å²) in [5, 5.41) is 9.96. The van der Waals surface area contributed by atoms with Gasteiger partial charge in [0.1, 0.15) is 0 Å². The molecule has 2 aliphatic heterocycles. The Morgan fingerprint density at radius 2 is 1.96 bits per heavy atom. The van der Waals surface area contributed by atoms with Crippen molar-refractivity contribution in [2.75, 3.05) is 45.9 Å². The van der Waals surface area contributed by atoms with Gasteiger partial charge in [-0.1, -0.05) is 35.9 Å². The number of carbonyl (C=O) groups excluding carboxylic acids is 1. The Morgan fingerprint density at radius 3 is 2.65 bits per heavy atom. The van der Waals surface area contributed by atoms with E-state index < -0.39 is 0 Å². The summed E-state index contributed by atoms with van der Waals surface area (Å²) in [4.78, 5) is 16.6. The van der Waals surface area contributed by atoms with E-state index in [1.807, 2.05) is 29.2 Å². The van der Waals surface area contributed by atoms with Crippen LogP contribution in [0.1, 0.15) is 18.4 Å². The first kappa shape index (κ1) is 19.4. The standard InChI is InChI=1S/C20H27ClN2O3/c21-18-5-3-16(4-6-18)1-2-17-7-9-23(10-8-17)20(25)14-22-11-12-26-19(13-22)15-24/h1-6,17,19,24H,7-15H2. The van der Waals surface area contributed by atoms with Crippen LogP contribution in [0.5, 0.6) is 0 Å². The second kappa shape index (κ2) is 9.51. The lowest BCUT2D eigenvalue weighted by molar-refractivity contribution is -0.136. The van der Waals surface area contributed by atoms with Gasteiger partial charge in [0.15, 0.2) is 0 Å². The zero-order valence-corrected chi connectivity index (χ0v) is 15.8. The van der Waals surface area contributed by atoms with Gasteiger partial charge in [-0.25, -0.2) is 0 Å². The van der Waals surface area contributed by atoms with Gasteiger partial charge in [0, 0.05) is 31.2 Å². The number of amides is 1. The van der Waals surface area contributed by atoms with Gasteiger partial charge in [0.25, 0.3) is 0 Å². The third-order valence-electron chi connectivity index (χ3n) is 5.11. The summed E-state index contributed by atoms with van der Waals surface area (Å²) in [5.41, 5.74) is 1.15. The number of piperidine rings is 1. The maximum Gasteiger partial charge on any atom is 0.236 e. The number of halogens is 1. The molecule has 1 aromatic rings. The zero-order valence-electron chi connectivity index (χ0n) is 15.0. The lowest BCUT2D eigenvalue weighted by Crippen LogP contribution is -2.49. The van der Waals surface area contributed by atoms with Gasteiger partial charge in [-0.2, -0.15) is 0 Å². The number of nitrogens with zero attached hydrogens (tertiary/aromatic N) is 2. The number of likely N-dealkylation sites (tertiary alicyclic amines) is 1. The molecule has 2 saturated heterocycles. The third kappa shape index (κ3) is 5.55. The molecule has 0 radical (unpaired) electrons. The van der Waals surface area contributed by atoms with Crippen molar-refractivity contribution in [3.8, 4) is 0 Å². The Labute approximate surface area is 160 Å². The molecule has 3 rings (SSSR count). The van der Waals surface area contributed by atoms with E-state index in [2.05, 4.69) is 17.1 Å². The summed E-state index contributed by atoms with van der Waals surface area (Å²) in [6, 6.07) is 7.82. The molecule has 0 aliphatic carbocycles. The molecule has 1 N–H and O–H groups in total. The van der Waals surface area contributed by atoms with Crippen molar-refractivity contribution in [1.82, 2.24) is 9.80 Å². The average molecular weight is 379 g/mol. The summed E-state index contributed by atoms with van der Waals surface area (Å²) in [7, 11) is 0. The van der Waals surface area contributed by atoms with Crippen molar-refractivity contribution in [2.24, 2.45) is 5.92 Å². The number of hydrogen-bond acceptors (Lipinski definition) is 4. The van der Waals surface area contributed by atoms with Crippen molar-refractivity contribution in [1.29, 1.82) is 0 Å². The Hall–Kier alpha value is -1.40. The predicted molar refractivity (Wildman–Crippen MR) is 103 cm³/mol. The van der Waals surface area contributed by atoms with E-state index in [-0.39, 0.29) is 18.6 Å². The van der Waals surface area contributed by atoms with E-state index in [9.17, 15) is 9.90 Å². The van der Waals surface area contributed by atoms with Crippen LogP contribution in [-0.2, 0) is 9.53 Å². The monoisotopic (exact) mass is 378 g/mol. The molecule has 0 saturated carbocycles. The SMILES string of the molecule is O=C(CN1CCOC(CO)C1)N1CCC(C=Cc2ccc(Cl)cc2)CC1. The number of hydrogen-bond donors (Lipinski definition) is 1. The normalized spacial score (nSPS) is 22.8. The number of ether oxygens (including phenoxy) is 1. The van der Waals surface area contributed by atoms with E-state index in [1.54, 1.807) is 0 Å². The van der Waals surface area contributed by atoms with Crippen LogP contribution in [-0.4, -0.2) is 72.9 Å². The number of rotatable bonds is 5. The van der Waals surface area contributed by atoms with Crippen molar-refractivity contribution in [3.63, 3.8) is 0 Å². The van der Waals surface area contributed by atoms with Crippen LogP contribution >= 0.6 is 11.6 Å². The number of morpholine rings is 1. The second-order valence-corrected chi connectivity index (χ2v) is 7.48. The predicted octanol–water partition coefficient (Wildman–Crippen LogP) is 2.28. The summed E-state index contributed by atoms with van der Waals surface area (Å²) in [6.45, 7) is 4.01. The number of aliphatic hydroxyl groups excluding tert-OH is 1. The molecule has 5 nitrogen and oxygen atoms in total. The van der Waals surface area contributed by atoms with Crippen molar-refractivity contribution >= 4 is 23.6 Å². The fraction of sp³-hybridized carbons (Fsp3) is 0.550. The van der Waals surface area contributed by atoms with E-state index in [0.29, 0.717) is 25.6 Å². The van der Waals surface area contributed by atoms with E-state index >= 15 is 0 Å². The van der Waals surface area contributed by atoms with Gasteiger partial charge in [0.2, 0.25) is 5.91 Å². The molecule has 1 aromatic carbocycles. The van der Waals surface area contributed by atoms with E-state index in [1.165, 1.54) is 0 Å². The molecule has 2 heterocycles. The zero-order chi connectivity index (χ0) is 18.4. The smallest absolute Gasteiger partial charge is 0.236 e. The largest absolute Gasteiger partial charge is 0.394 e. The number of aliphatic hydroxyl groups is 1. The Bertz CT molecular complexity index is 612. The summed E-state index contributed by atoms with van der Waals surface area (Å²) in [5.74, 6) is 0.695. The molecule has 1 unspecified atom stereocenters. The first-order valence-electron chi connectivity index (χ1n) is 9.30. The highest BCUT2D eigenvalue weighted by atomic mass is 35.5. The van der Waals surface area contributed by atoms with E-state index in [0.717, 1.165) is 43.1 Å². The maximum absolute atomic E-state index is 12.5. The number of carbonyl (C=O) groups is 1. The van der Waals surface area contributed by atoms with Crippen LogP contribution in [0.2, 0.25) is 5.02 Å². The quantitative estimate of drug-likeness (QED) is 0.854. The van der Waals surface area contributed by atoms with Gasteiger partial charge in [-0.05, 0) is 36.5 Å². The lowest BCUT2D eigenvalue weighted by atomic mass is 9.95. The first-order chi connectivity index (χ1) is 12.6. The van der Waals surface area contributed by atoms with Crippen molar-refractivity contribution in [2.45, 2.75) is 18.9 Å². The minimum atomic E-state index is -0.166. The van der Waals surface area contributed by atoms with Gasteiger partial charge in [-0.15, -0.1) is 0 Å². The molecule has 142 valence electrons. The van der Waals surface area contributed by atoms with Crippen LogP contribution in [0.3, 0.4) is 0 Å². The minimum absolute atomic E-state index is 0.00996. The highest BCUT2D eigenvalue weighted by Gasteiger charge is 2.26. The fourth-order valence-electron chi connectivity index (χ4n) is 3.49. The number of allylic oxidation sites excluding steroid dienone is 1. The fourth-order valence-corrected chi connectivity index (χ4v) is 3.61. The van der Waals surface area contributed by atoms with Crippen LogP contribution in [0.4, 0.5) is 0 Å². The molecule has 2 aliphatic rings. The van der Waals surface area contributed by atoms with Crippen LogP contribution in [0.25, 0.3) is 6.08 Å². The summed E-state index contributed by atoms with van der Waals surface area (Å²) < 4.78 is 5.44. The Balaban J connectivity index is 1.42. The maximum atomic E-state index is 12.5. The molecular formula is C20H27ClN2O3. The molecule has 2 fully saturated rings. The Kier molecular flexibility index (Phi) is 7.08. The molecule has 0 bridgehead atoms. The lowest BCUT2D eigenvalue weighted by Gasteiger charge is -2.35. The molecule has 1 amide bonds. The molecule has 1 atom stereocenters. The van der Waals surface area contributed by atoms with Crippen molar-refractivity contribution < 1.29 is 14.6 Å². The van der Waals surface area contributed by atoms with Gasteiger partial charge in [0.05, 0.1) is 25.9 Å². The van der Waals surface area contributed by atoms with Crippen LogP contribution < -0.4 is 0 Å². The van der Waals surface area contributed by atoms with Gasteiger partial charge < -0.3 is 14.7 Å². The third-order valence-corrected chi connectivity index (χ3v) is 5.36. The molecule has 0 aromatic heterocycles. The molecular weight excluding hydrogens is 352 g/mol. The number of benzene rings is 1. The van der Waals surface area contributed by atoms with Gasteiger partial charge >= 0.3 is 0 Å². The first-order valence-corrected chi connectivity index (χ1v) is 9.68. The molecule has 26 heavy (non-hydrogen) atoms. The minimum Gasteiger partial charge on any atom is -0.394 e. The van der Waals surface area contributed by atoms with E-state index in [4.69, 9.17) is 16.3 Å². The van der Waals surface area contributed by atoms with Crippen LogP contribution in [0, 0.1) is 5.92 Å². The summed E-state index contributed by atoms with van der Waals surface area (Å²) in [6.07, 6.45) is 6.22. The molecule has 6 heteroatoms. The van der Waals surface area contributed by atoms with Crippen LogP contribution in [0.15, 0.2) is 30.3 Å². The van der Waals surface area contributed by atoms with Gasteiger partial charge in [-0.3, -0.25) is 9.69 Å².